The van der Waals surface area contributed by atoms with Crippen LogP contribution in [-0.4, -0.2) is 43.6 Å². The Morgan fingerprint density at radius 3 is 2.84 bits per heavy atom. The number of imidazole rings is 1. The molecule has 0 aromatic carbocycles. The average molecular weight is 409 g/mol. The second-order valence-electron chi connectivity index (χ2n) is 6.25. The van der Waals surface area contributed by atoms with Crippen molar-refractivity contribution in [3.8, 4) is 0 Å². The number of carbonyl (C=O) groups excluding carboxylic acids is 1. The fraction of sp³-hybridized carbons (Fsp3) is 0.500. The third kappa shape index (κ3) is 3.92. The molecular formula is C16H21BrN6O2. The van der Waals surface area contributed by atoms with Crippen molar-refractivity contribution in [3.05, 3.63) is 23.4 Å². The van der Waals surface area contributed by atoms with E-state index in [0.29, 0.717) is 40.8 Å². The molecule has 3 rings (SSSR count). The number of nitrogen functional groups attached to an aromatic ring is 1. The number of ether oxygens (including phenoxy) is 1. The number of carbonyl (C=O) groups is 1. The Labute approximate surface area is 154 Å². The van der Waals surface area contributed by atoms with Gasteiger partial charge in [-0.05, 0) is 48.0 Å². The molecule has 0 spiro atoms. The summed E-state index contributed by atoms with van der Waals surface area (Å²) in [7, 11) is 0. The predicted octanol–water partition coefficient (Wildman–Crippen LogP) is 2.94. The number of fused-ring (bicyclic) bond motifs is 1. The highest BCUT2D eigenvalue weighted by molar-refractivity contribution is 9.10. The zero-order chi connectivity index (χ0) is 18.0. The third-order valence-electron chi connectivity index (χ3n) is 4.41. The summed E-state index contributed by atoms with van der Waals surface area (Å²) in [5, 5.41) is 0. The largest absolute Gasteiger partial charge is 0.416 e. The minimum atomic E-state index is -0.304. The monoisotopic (exact) mass is 408 g/mol. The number of rotatable bonds is 4. The Morgan fingerprint density at radius 2 is 2.16 bits per heavy atom. The lowest BCUT2D eigenvalue weighted by atomic mass is 9.94. The first-order chi connectivity index (χ1) is 12.0. The maximum Gasteiger partial charge on any atom is 0.414 e. The molecule has 2 aromatic rings. The molecule has 0 bridgehead atoms. The van der Waals surface area contributed by atoms with Gasteiger partial charge >= 0.3 is 6.09 Å². The summed E-state index contributed by atoms with van der Waals surface area (Å²) in [4.78, 5) is 26.3. The quantitative estimate of drug-likeness (QED) is 0.616. The minimum absolute atomic E-state index is 0.304. The van der Waals surface area contributed by atoms with Gasteiger partial charge in [0.05, 0.1) is 5.76 Å². The first-order valence-electron chi connectivity index (χ1n) is 8.20. The molecule has 0 saturated carbocycles. The smallest absolute Gasteiger partial charge is 0.414 e. The lowest BCUT2D eigenvalue weighted by molar-refractivity contribution is 0.109. The van der Waals surface area contributed by atoms with Gasteiger partial charge in [-0.2, -0.15) is 0 Å². The van der Waals surface area contributed by atoms with Gasteiger partial charge in [0.15, 0.2) is 21.7 Å². The molecule has 1 saturated heterocycles. The van der Waals surface area contributed by atoms with Crippen LogP contribution in [0.5, 0.6) is 0 Å². The van der Waals surface area contributed by atoms with Crippen LogP contribution in [0.2, 0.25) is 0 Å². The van der Waals surface area contributed by atoms with E-state index >= 15 is 0 Å². The second-order valence-corrected chi connectivity index (χ2v) is 6.96. The molecule has 1 amide bonds. The van der Waals surface area contributed by atoms with E-state index in [2.05, 4.69) is 37.5 Å². The molecule has 134 valence electrons. The van der Waals surface area contributed by atoms with Gasteiger partial charge in [0.1, 0.15) is 6.33 Å². The molecule has 8 nitrogen and oxygen atoms in total. The molecule has 0 radical (unpaired) electrons. The summed E-state index contributed by atoms with van der Waals surface area (Å²) in [6.45, 7) is 7.47. The Hall–Kier alpha value is -2.16. The molecule has 1 fully saturated rings. The fourth-order valence-electron chi connectivity index (χ4n) is 3.06. The van der Waals surface area contributed by atoms with Crippen molar-refractivity contribution in [1.82, 2.24) is 24.4 Å². The standard InChI is InChI=1S/C16H21BrN6O2/c1-10(2)25-16(24)22-6-3-11(4-7-22)5-8-23-14-12(21-15(23)17)13(18)19-9-20-14/h9,11H,1,3-8H2,2H3,(H2,18,19,20). The molecule has 9 heteroatoms. The van der Waals surface area contributed by atoms with Gasteiger partial charge in [0.25, 0.3) is 0 Å². The van der Waals surface area contributed by atoms with Crippen LogP contribution in [0.4, 0.5) is 10.6 Å². The Balaban J connectivity index is 1.57. The molecule has 0 unspecified atom stereocenters. The Bertz CT molecular complexity index is 797. The van der Waals surface area contributed by atoms with Gasteiger partial charge < -0.3 is 19.9 Å². The van der Waals surface area contributed by atoms with Crippen molar-refractivity contribution in [2.45, 2.75) is 32.7 Å². The Kier molecular flexibility index (Phi) is 5.22. The molecule has 2 N–H and O–H groups in total. The van der Waals surface area contributed by atoms with Crippen LogP contribution in [0, 0.1) is 5.92 Å². The highest BCUT2D eigenvalue weighted by Gasteiger charge is 2.24. The summed E-state index contributed by atoms with van der Waals surface area (Å²) in [6, 6.07) is 0. The number of nitrogens with zero attached hydrogens (tertiary/aromatic N) is 5. The van der Waals surface area contributed by atoms with Crippen molar-refractivity contribution in [1.29, 1.82) is 0 Å². The maximum atomic E-state index is 11.9. The van der Waals surface area contributed by atoms with Crippen molar-refractivity contribution >= 4 is 39.0 Å². The van der Waals surface area contributed by atoms with E-state index in [4.69, 9.17) is 10.5 Å². The first kappa shape index (κ1) is 17.7. The summed E-state index contributed by atoms with van der Waals surface area (Å²) < 4.78 is 7.78. The number of hydrogen-bond acceptors (Lipinski definition) is 6. The van der Waals surface area contributed by atoms with Crippen LogP contribution in [0.3, 0.4) is 0 Å². The van der Waals surface area contributed by atoms with Gasteiger partial charge in [-0.3, -0.25) is 0 Å². The van der Waals surface area contributed by atoms with Crippen molar-refractivity contribution in [3.63, 3.8) is 0 Å². The second kappa shape index (κ2) is 7.38. The van der Waals surface area contributed by atoms with Gasteiger partial charge in [0.2, 0.25) is 0 Å². The van der Waals surface area contributed by atoms with E-state index in [1.165, 1.54) is 6.33 Å². The van der Waals surface area contributed by atoms with Crippen LogP contribution < -0.4 is 5.73 Å². The molecule has 2 aromatic heterocycles. The molecule has 0 atom stereocenters. The first-order valence-corrected chi connectivity index (χ1v) is 8.99. The van der Waals surface area contributed by atoms with Crippen molar-refractivity contribution < 1.29 is 9.53 Å². The molecule has 25 heavy (non-hydrogen) atoms. The van der Waals surface area contributed by atoms with Gasteiger partial charge in [-0.25, -0.2) is 19.7 Å². The average Bonchev–Trinajstić information content (AvgIpc) is 2.90. The van der Waals surface area contributed by atoms with Crippen molar-refractivity contribution in [2.24, 2.45) is 5.92 Å². The van der Waals surface area contributed by atoms with E-state index in [1.54, 1.807) is 11.8 Å². The summed E-state index contributed by atoms with van der Waals surface area (Å²) in [5.74, 6) is 1.34. The number of aromatic nitrogens is 4. The van der Waals surface area contributed by atoms with Crippen LogP contribution in [-0.2, 0) is 11.3 Å². The number of hydrogen-bond donors (Lipinski definition) is 1. The predicted molar refractivity (Wildman–Crippen MR) is 97.6 cm³/mol. The van der Waals surface area contributed by atoms with E-state index in [-0.39, 0.29) is 6.09 Å². The highest BCUT2D eigenvalue weighted by atomic mass is 79.9. The van der Waals surface area contributed by atoms with E-state index in [0.717, 1.165) is 31.5 Å². The highest BCUT2D eigenvalue weighted by Crippen LogP contribution is 2.26. The number of aryl methyl sites for hydroxylation is 1. The number of anilines is 1. The minimum Gasteiger partial charge on any atom is -0.416 e. The van der Waals surface area contributed by atoms with Gasteiger partial charge in [-0.15, -0.1) is 0 Å². The van der Waals surface area contributed by atoms with Crippen LogP contribution in [0.15, 0.2) is 23.4 Å². The SMILES string of the molecule is C=C(C)OC(=O)N1CCC(CCn2c(Br)nc3c(N)ncnc32)CC1. The molecular weight excluding hydrogens is 388 g/mol. The lowest BCUT2D eigenvalue weighted by Gasteiger charge is -2.31. The lowest BCUT2D eigenvalue weighted by Crippen LogP contribution is -2.38. The van der Waals surface area contributed by atoms with E-state index < -0.39 is 0 Å². The number of halogens is 1. The molecule has 3 heterocycles. The van der Waals surface area contributed by atoms with E-state index in [9.17, 15) is 4.79 Å². The van der Waals surface area contributed by atoms with Gasteiger partial charge in [-0.1, -0.05) is 6.58 Å². The summed E-state index contributed by atoms with van der Waals surface area (Å²) >= 11 is 3.47. The number of nitrogens with two attached hydrogens (primary N) is 1. The van der Waals surface area contributed by atoms with Crippen molar-refractivity contribution in [2.75, 3.05) is 18.8 Å². The van der Waals surface area contributed by atoms with Crippen LogP contribution in [0.25, 0.3) is 11.2 Å². The zero-order valence-electron chi connectivity index (χ0n) is 14.1. The number of piperidine rings is 1. The number of amides is 1. The number of likely N-dealkylation sites (tertiary alicyclic amines) is 1. The molecule has 1 aliphatic heterocycles. The summed E-state index contributed by atoms with van der Waals surface area (Å²) in [6.07, 6.45) is 4.03. The maximum absolute atomic E-state index is 11.9. The van der Waals surface area contributed by atoms with Crippen LogP contribution >= 0.6 is 15.9 Å². The Morgan fingerprint density at radius 1 is 1.44 bits per heavy atom. The molecule has 1 aliphatic rings. The fourth-order valence-corrected chi connectivity index (χ4v) is 3.58. The van der Waals surface area contributed by atoms with Gasteiger partial charge in [0, 0.05) is 19.6 Å². The van der Waals surface area contributed by atoms with E-state index in [1.807, 2.05) is 4.57 Å². The summed E-state index contributed by atoms with van der Waals surface area (Å²) in [5.41, 5.74) is 7.21. The third-order valence-corrected chi connectivity index (χ3v) is 5.01. The zero-order valence-corrected chi connectivity index (χ0v) is 15.7. The number of allylic oxidation sites excluding steroid dienone is 1. The normalized spacial score (nSPS) is 15.5. The van der Waals surface area contributed by atoms with Crippen LogP contribution in [0.1, 0.15) is 26.2 Å². The molecule has 0 aliphatic carbocycles. The topological polar surface area (TPSA) is 99.2 Å².